The number of carbonyl (C=O) groups is 1. The molecule has 0 saturated heterocycles. The van der Waals surface area contributed by atoms with Crippen LogP contribution in [-0.4, -0.2) is 6.09 Å². The Kier molecular flexibility index (Phi) is 3.75. The first-order valence-electron chi connectivity index (χ1n) is 6.44. The average Bonchev–Trinajstić information content (AvgIpc) is 2.49. The molecule has 0 heterocycles. The van der Waals surface area contributed by atoms with E-state index in [4.69, 9.17) is 16.3 Å². The van der Waals surface area contributed by atoms with Gasteiger partial charge in [0.15, 0.2) is 0 Å². The maximum atomic E-state index is 11.8. The maximum Gasteiger partial charge on any atom is 0.417 e. The van der Waals surface area contributed by atoms with Crippen LogP contribution in [0.2, 0.25) is 5.02 Å². The molecule has 4 heteroatoms. The number of benzene rings is 3. The lowest BCUT2D eigenvalue weighted by atomic mass is 10.1. The predicted molar refractivity (Wildman–Crippen MR) is 85.0 cm³/mol. The van der Waals surface area contributed by atoms with E-state index in [1.807, 2.05) is 36.4 Å². The second kappa shape index (κ2) is 5.85. The van der Waals surface area contributed by atoms with E-state index in [0.717, 1.165) is 10.8 Å². The van der Waals surface area contributed by atoms with Gasteiger partial charge in [-0.2, -0.15) is 0 Å². The number of amides is 1. The maximum absolute atomic E-state index is 11.8. The van der Waals surface area contributed by atoms with E-state index in [-0.39, 0.29) is 0 Å². The summed E-state index contributed by atoms with van der Waals surface area (Å²) < 4.78 is 5.27. The standard InChI is InChI=1S/C17H12ClNO2/c18-14-6-8-15(9-7-14)19-17(20)21-16-10-5-12-3-1-2-4-13(12)11-16/h1-11H,(H,19,20). The highest BCUT2D eigenvalue weighted by Gasteiger charge is 2.05. The zero-order valence-electron chi connectivity index (χ0n) is 11.0. The molecule has 3 rings (SSSR count). The molecule has 0 aliphatic carbocycles. The van der Waals surface area contributed by atoms with Gasteiger partial charge in [0.05, 0.1) is 0 Å². The lowest BCUT2D eigenvalue weighted by molar-refractivity contribution is 0.215. The van der Waals surface area contributed by atoms with E-state index in [2.05, 4.69) is 5.32 Å². The van der Waals surface area contributed by atoms with Gasteiger partial charge >= 0.3 is 6.09 Å². The monoisotopic (exact) mass is 297 g/mol. The zero-order valence-corrected chi connectivity index (χ0v) is 11.8. The lowest BCUT2D eigenvalue weighted by Crippen LogP contribution is -2.16. The van der Waals surface area contributed by atoms with Crippen LogP contribution in [0.25, 0.3) is 10.8 Å². The third-order valence-electron chi connectivity index (χ3n) is 3.02. The highest BCUT2D eigenvalue weighted by Crippen LogP contribution is 2.21. The summed E-state index contributed by atoms with van der Waals surface area (Å²) in [6, 6.07) is 20.2. The van der Waals surface area contributed by atoms with Crippen LogP contribution in [0, 0.1) is 0 Å². The molecule has 0 aliphatic heterocycles. The van der Waals surface area contributed by atoms with Crippen LogP contribution in [0.1, 0.15) is 0 Å². The van der Waals surface area contributed by atoms with E-state index >= 15 is 0 Å². The molecule has 0 aromatic heterocycles. The summed E-state index contributed by atoms with van der Waals surface area (Å²) in [7, 11) is 0. The van der Waals surface area contributed by atoms with Crippen LogP contribution in [0.3, 0.4) is 0 Å². The molecule has 0 saturated carbocycles. The van der Waals surface area contributed by atoms with E-state index in [1.54, 1.807) is 30.3 Å². The quantitative estimate of drug-likeness (QED) is 0.714. The number of ether oxygens (including phenoxy) is 1. The Morgan fingerprint density at radius 2 is 1.62 bits per heavy atom. The molecule has 3 nitrogen and oxygen atoms in total. The van der Waals surface area contributed by atoms with Gasteiger partial charge in [0, 0.05) is 10.7 Å². The number of rotatable bonds is 2. The largest absolute Gasteiger partial charge is 0.417 e. The van der Waals surface area contributed by atoms with Crippen molar-refractivity contribution in [2.24, 2.45) is 0 Å². The second-order valence-electron chi connectivity index (χ2n) is 4.53. The Balaban J connectivity index is 1.72. The van der Waals surface area contributed by atoms with Crippen molar-refractivity contribution >= 4 is 34.2 Å². The van der Waals surface area contributed by atoms with Crippen LogP contribution in [0.5, 0.6) is 5.75 Å². The van der Waals surface area contributed by atoms with Crippen LogP contribution >= 0.6 is 11.6 Å². The number of hydrogen-bond donors (Lipinski definition) is 1. The molecule has 0 fully saturated rings. The highest BCUT2D eigenvalue weighted by atomic mass is 35.5. The Morgan fingerprint density at radius 3 is 2.38 bits per heavy atom. The zero-order chi connectivity index (χ0) is 14.7. The molecule has 0 aliphatic rings. The van der Waals surface area contributed by atoms with Gasteiger partial charge in [0.1, 0.15) is 5.75 Å². The molecule has 0 atom stereocenters. The normalized spacial score (nSPS) is 10.3. The van der Waals surface area contributed by atoms with Crippen LogP contribution < -0.4 is 10.1 Å². The van der Waals surface area contributed by atoms with Gasteiger partial charge in [0.2, 0.25) is 0 Å². The second-order valence-corrected chi connectivity index (χ2v) is 4.97. The van der Waals surface area contributed by atoms with Gasteiger partial charge in [0.25, 0.3) is 0 Å². The number of halogens is 1. The van der Waals surface area contributed by atoms with Gasteiger partial charge in [-0.15, -0.1) is 0 Å². The fourth-order valence-corrected chi connectivity index (χ4v) is 2.14. The molecule has 0 unspecified atom stereocenters. The summed E-state index contributed by atoms with van der Waals surface area (Å²) >= 11 is 5.79. The molecule has 0 spiro atoms. The lowest BCUT2D eigenvalue weighted by Gasteiger charge is -2.07. The fraction of sp³-hybridized carbons (Fsp3) is 0. The molecule has 0 radical (unpaired) electrons. The first-order chi connectivity index (χ1) is 10.2. The first-order valence-corrected chi connectivity index (χ1v) is 6.82. The molecule has 0 bridgehead atoms. The number of anilines is 1. The summed E-state index contributed by atoms with van der Waals surface area (Å²) in [5.74, 6) is 0.500. The van der Waals surface area contributed by atoms with Crippen molar-refractivity contribution < 1.29 is 9.53 Å². The smallest absolute Gasteiger partial charge is 0.410 e. The average molecular weight is 298 g/mol. The summed E-state index contributed by atoms with van der Waals surface area (Å²) in [5.41, 5.74) is 0.630. The van der Waals surface area contributed by atoms with Crippen molar-refractivity contribution in [2.45, 2.75) is 0 Å². The van der Waals surface area contributed by atoms with E-state index < -0.39 is 6.09 Å². The van der Waals surface area contributed by atoms with Crippen molar-refractivity contribution in [3.05, 3.63) is 71.8 Å². The van der Waals surface area contributed by atoms with Crippen molar-refractivity contribution in [1.82, 2.24) is 0 Å². The third-order valence-corrected chi connectivity index (χ3v) is 3.27. The van der Waals surface area contributed by atoms with Crippen LogP contribution in [0.4, 0.5) is 10.5 Å². The first kappa shape index (κ1) is 13.5. The fourth-order valence-electron chi connectivity index (χ4n) is 2.01. The van der Waals surface area contributed by atoms with Crippen molar-refractivity contribution in [3.8, 4) is 5.75 Å². The molecule has 104 valence electrons. The van der Waals surface area contributed by atoms with Crippen LogP contribution in [-0.2, 0) is 0 Å². The molecular weight excluding hydrogens is 286 g/mol. The highest BCUT2D eigenvalue weighted by molar-refractivity contribution is 6.30. The SMILES string of the molecule is O=C(Nc1ccc(Cl)cc1)Oc1ccc2ccccc2c1. The summed E-state index contributed by atoms with van der Waals surface area (Å²) in [5, 5.41) is 5.38. The van der Waals surface area contributed by atoms with E-state index in [0.29, 0.717) is 16.5 Å². The minimum atomic E-state index is -0.535. The summed E-state index contributed by atoms with van der Waals surface area (Å²) in [6.45, 7) is 0. The molecule has 3 aromatic carbocycles. The van der Waals surface area contributed by atoms with E-state index in [9.17, 15) is 4.79 Å². The summed E-state index contributed by atoms with van der Waals surface area (Å²) in [6.07, 6.45) is -0.535. The number of nitrogens with one attached hydrogen (secondary N) is 1. The minimum absolute atomic E-state index is 0.500. The van der Waals surface area contributed by atoms with Gasteiger partial charge < -0.3 is 4.74 Å². The Morgan fingerprint density at radius 1 is 0.905 bits per heavy atom. The molecule has 3 aromatic rings. The predicted octanol–water partition coefficient (Wildman–Crippen LogP) is 5.10. The molecular formula is C17H12ClNO2. The van der Waals surface area contributed by atoms with E-state index in [1.165, 1.54) is 0 Å². The van der Waals surface area contributed by atoms with Gasteiger partial charge in [-0.25, -0.2) is 4.79 Å². The third kappa shape index (κ3) is 3.33. The molecule has 1 N–H and O–H groups in total. The Bertz CT molecular complexity index is 784. The number of fused-ring (bicyclic) bond motifs is 1. The van der Waals surface area contributed by atoms with Crippen molar-refractivity contribution in [1.29, 1.82) is 0 Å². The molecule has 1 amide bonds. The molecule has 21 heavy (non-hydrogen) atoms. The van der Waals surface area contributed by atoms with Gasteiger partial charge in [-0.05, 0) is 47.2 Å². The topological polar surface area (TPSA) is 38.3 Å². The Labute approximate surface area is 127 Å². The minimum Gasteiger partial charge on any atom is -0.410 e. The van der Waals surface area contributed by atoms with Crippen molar-refractivity contribution in [2.75, 3.05) is 5.32 Å². The number of hydrogen-bond acceptors (Lipinski definition) is 2. The van der Waals surface area contributed by atoms with Crippen molar-refractivity contribution in [3.63, 3.8) is 0 Å². The Hall–Kier alpha value is -2.52. The van der Waals surface area contributed by atoms with Gasteiger partial charge in [-0.3, -0.25) is 5.32 Å². The van der Waals surface area contributed by atoms with Gasteiger partial charge in [-0.1, -0.05) is 41.9 Å². The number of carbonyl (C=O) groups excluding carboxylic acids is 1. The summed E-state index contributed by atoms with van der Waals surface area (Å²) in [4.78, 5) is 11.8. The van der Waals surface area contributed by atoms with Crippen LogP contribution in [0.15, 0.2) is 66.7 Å².